The summed E-state index contributed by atoms with van der Waals surface area (Å²) in [7, 11) is 1.83. The fourth-order valence-electron chi connectivity index (χ4n) is 2.14. The molecule has 1 N–H and O–H groups in total. The lowest BCUT2D eigenvalue weighted by molar-refractivity contribution is 0.456. The highest BCUT2D eigenvalue weighted by Crippen LogP contribution is 2.24. The van der Waals surface area contributed by atoms with E-state index in [1.807, 2.05) is 37.4 Å². The zero-order valence-electron chi connectivity index (χ0n) is 11.5. The van der Waals surface area contributed by atoms with Gasteiger partial charge in [-0.25, -0.2) is 4.39 Å². The number of halogens is 1. The molecule has 106 valence electrons. The first kappa shape index (κ1) is 13.5. The maximum atomic E-state index is 12.9. The Balaban J connectivity index is 1.92. The van der Waals surface area contributed by atoms with Gasteiger partial charge in [0.25, 0.3) is 0 Å². The van der Waals surface area contributed by atoms with Crippen molar-refractivity contribution in [2.45, 2.75) is 6.04 Å². The minimum atomic E-state index is -0.295. The Morgan fingerprint density at radius 1 is 1.00 bits per heavy atom. The summed E-state index contributed by atoms with van der Waals surface area (Å²) in [6.07, 6.45) is 0. The first-order valence-electron chi connectivity index (χ1n) is 6.59. The molecule has 1 aromatic heterocycles. The number of aromatic nitrogens is 2. The van der Waals surface area contributed by atoms with Crippen molar-refractivity contribution >= 4 is 0 Å². The zero-order valence-corrected chi connectivity index (χ0v) is 11.5. The molecular weight excluding hydrogens is 269 g/mol. The van der Waals surface area contributed by atoms with Gasteiger partial charge in [0.15, 0.2) is 0 Å². The number of benzene rings is 2. The number of hydrogen-bond donors (Lipinski definition) is 1. The van der Waals surface area contributed by atoms with Crippen LogP contribution in [-0.2, 0) is 0 Å². The first-order valence-corrected chi connectivity index (χ1v) is 6.59. The van der Waals surface area contributed by atoms with Crippen LogP contribution in [0.3, 0.4) is 0 Å². The predicted octanol–water partition coefficient (Wildman–Crippen LogP) is 3.18. The smallest absolute Gasteiger partial charge is 0.247 e. The van der Waals surface area contributed by atoms with Gasteiger partial charge in [-0.2, -0.15) is 0 Å². The molecule has 4 nitrogen and oxygen atoms in total. The van der Waals surface area contributed by atoms with Crippen molar-refractivity contribution in [3.63, 3.8) is 0 Å². The van der Waals surface area contributed by atoms with E-state index in [1.54, 1.807) is 12.1 Å². The Bertz CT molecular complexity index is 710. The monoisotopic (exact) mass is 283 g/mol. The molecule has 1 unspecified atom stereocenters. The van der Waals surface area contributed by atoms with Crippen LogP contribution >= 0.6 is 0 Å². The third-order valence-electron chi connectivity index (χ3n) is 3.20. The van der Waals surface area contributed by atoms with E-state index < -0.39 is 0 Å². The van der Waals surface area contributed by atoms with Crippen molar-refractivity contribution in [2.75, 3.05) is 7.05 Å². The minimum absolute atomic E-state index is 0.173. The summed E-state index contributed by atoms with van der Waals surface area (Å²) >= 11 is 0. The summed E-state index contributed by atoms with van der Waals surface area (Å²) in [6, 6.07) is 15.6. The lowest BCUT2D eigenvalue weighted by atomic mass is 10.1. The average Bonchev–Trinajstić information content (AvgIpc) is 2.99. The van der Waals surface area contributed by atoms with Crippen LogP contribution < -0.4 is 5.32 Å². The zero-order chi connectivity index (χ0) is 14.7. The minimum Gasteiger partial charge on any atom is -0.419 e. The summed E-state index contributed by atoms with van der Waals surface area (Å²) in [6.45, 7) is 0. The Kier molecular flexibility index (Phi) is 3.75. The third-order valence-corrected chi connectivity index (χ3v) is 3.20. The molecular formula is C16H14FN3O. The van der Waals surface area contributed by atoms with Crippen molar-refractivity contribution in [2.24, 2.45) is 0 Å². The molecule has 21 heavy (non-hydrogen) atoms. The second kappa shape index (κ2) is 5.85. The van der Waals surface area contributed by atoms with Gasteiger partial charge in [-0.1, -0.05) is 30.3 Å². The highest BCUT2D eigenvalue weighted by molar-refractivity contribution is 5.52. The van der Waals surface area contributed by atoms with Crippen molar-refractivity contribution in [1.29, 1.82) is 0 Å². The third kappa shape index (κ3) is 2.83. The molecule has 0 saturated carbocycles. The van der Waals surface area contributed by atoms with Crippen LogP contribution in [0.2, 0.25) is 0 Å². The van der Waals surface area contributed by atoms with E-state index >= 15 is 0 Å². The quantitative estimate of drug-likeness (QED) is 0.799. The molecule has 0 aliphatic heterocycles. The largest absolute Gasteiger partial charge is 0.419 e. The molecule has 5 heteroatoms. The molecule has 0 aliphatic rings. The molecule has 0 aliphatic carbocycles. The van der Waals surface area contributed by atoms with Crippen LogP contribution in [0.1, 0.15) is 17.5 Å². The molecule has 0 amide bonds. The Morgan fingerprint density at radius 2 is 1.71 bits per heavy atom. The summed E-state index contributed by atoms with van der Waals surface area (Å²) in [5.41, 5.74) is 1.73. The molecule has 2 aromatic carbocycles. The second-order valence-corrected chi connectivity index (χ2v) is 4.58. The molecule has 0 fully saturated rings. The fraction of sp³-hybridized carbons (Fsp3) is 0.125. The molecule has 0 saturated heterocycles. The van der Waals surface area contributed by atoms with Crippen LogP contribution in [-0.4, -0.2) is 17.2 Å². The summed E-state index contributed by atoms with van der Waals surface area (Å²) < 4.78 is 18.6. The van der Waals surface area contributed by atoms with Gasteiger partial charge in [0.1, 0.15) is 11.9 Å². The fourth-order valence-corrected chi connectivity index (χ4v) is 2.14. The number of rotatable bonds is 4. The Labute approximate surface area is 121 Å². The van der Waals surface area contributed by atoms with Crippen molar-refractivity contribution < 1.29 is 8.81 Å². The molecule has 3 aromatic rings. The first-order chi connectivity index (χ1) is 10.3. The normalized spacial score (nSPS) is 12.3. The van der Waals surface area contributed by atoms with E-state index in [2.05, 4.69) is 15.5 Å². The summed E-state index contributed by atoms with van der Waals surface area (Å²) in [4.78, 5) is 0. The molecule has 3 rings (SSSR count). The van der Waals surface area contributed by atoms with E-state index in [0.29, 0.717) is 17.3 Å². The lowest BCUT2D eigenvalue weighted by Gasteiger charge is -2.11. The van der Waals surface area contributed by atoms with Crippen molar-refractivity contribution in [3.8, 4) is 11.5 Å². The predicted molar refractivity (Wildman–Crippen MR) is 77.0 cm³/mol. The van der Waals surface area contributed by atoms with Crippen molar-refractivity contribution in [3.05, 3.63) is 71.9 Å². The van der Waals surface area contributed by atoms with Crippen LogP contribution in [0, 0.1) is 5.82 Å². The van der Waals surface area contributed by atoms with Gasteiger partial charge in [-0.15, -0.1) is 10.2 Å². The highest BCUT2D eigenvalue weighted by Gasteiger charge is 2.19. The van der Waals surface area contributed by atoms with Gasteiger partial charge in [0, 0.05) is 5.56 Å². The van der Waals surface area contributed by atoms with E-state index in [1.165, 1.54) is 12.1 Å². The lowest BCUT2D eigenvalue weighted by Crippen LogP contribution is -2.17. The average molecular weight is 283 g/mol. The summed E-state index contributed by atoms with van der Waals surface area (Å²) in [5.74, 6) is 0.556. The second-order valence-electron chi connectivity index (χ2n) is 4.58. The van der Waals surface area contributed by atoms with E-state index in [9.17, 15) is 4.39 Å². The number of nitrogens with one attached hydrogen (secondary N) is 1. The highest BCUT2D eigenvalue weighted by atomic mass is 19.1. The Morgan fingerprint density at radius 3 is 2.38 bits per heavy atom. The topological polar surface area (TPSA) is 51.0 Å². The van der Waals surface area contributed by atoms with E-state index in [-0.39, 0.29) is 11.9 Å². The van der Waals surface area contributed by atoms with Crippen LogP contribution in [0.15, 0.2) is 59.0 Å². The SMILES string of the molecule is CNC(c1ccccc1)c1nnc(-c2ccc(F)cc2)o1. The van der Waals surface area contributed by atoms with Gasteiger partial charge in [-0.3, -0.25) is 0 Å². The van der Waals surface area contributed by atoms with E-state index in [0.717, 1.165) is 5.56 Å². The van der Waals surface area contributed by atoms with Gasteiger partial charge >= 0.3 is 0 Å². The van der Waals surface area contributed by atoms with Gasteiger partial charge in [0.2, 0.25) is 11.8 Å². The van der Waals surface area contributed by atoms with Gasteiger partial charge in [-0.05, 0) is 36.9 Å². The Hall–Kier alpha value is -2.53. The molecule has 0 bridgehead atoms. The van der Waals surface area contributed by atoms with Crippen molar-refractivity contribution in [1.82, 2.24) is 15.5 Å². The van der Waals surface area contributed by atoms with Crippen LogP contribution in [0.25, 0.3) is 11.5 Å². The maximum Gasteiger partial charge on any atom is 0.247 e. The van der Waals surface area contributed by atoms with Crippen LogP contribution in [0.5, 0.6) is 0 Å². The summed E-state index contributed by atoms with van der Waals surface area (Å²) in [5, 5.41) is 11.3. The van der Waals surface area contributed by atoms with Gasteiger partial charge < -0.3 is 9.73 Å². The van der Waals surface area contributed by atoms with Gasteiger partial charge in [0.05, 0.1) is 0 Å². The molecule has 0 spiro atoms. The number of hydrogen-bond acceptors (Lipinski definition) is 4. The molecule has 1 heterocycles. The van der Waals surface area contributed by atoms with E-state index in [4.69, 9.17) is 4.42 Å². The number of nitrogens with zero attached hydrogens (tertiary/aromatic N) is 2. The van der Waals surface area contributed by atoms with Crippen LogP contribution in [0.4, 0.5) is 4.39 Å². The molecule has 1 atom stereocenters. The maximum absolute atomic E-state index is 12.9. The molecule has 0 radical (unpaired) electrons. The standard InChI is InChI=1S/C16H14FN3O/c1-18-14(11-5-3-2-4-6-11)16-20-19-15(21-16)12-7-9-13(17)10-8-12/h2-10,14,18H,1H3.